The third kappa shape index (κ3) is 6.10. The molecule has 0 aliphatic heterocycles. The molecule has 2 N–H and O–H groups in total. The number of alkyl halides is 3. The molecule has 0 radical (unpaired) electrons. The van der Waals surface area contributed by atoms with Gasteiger partial charge in [0, 0.05) is 12.5 Å². The van der Waals surface area contributed by atoms with Gasteiger partial charge in [0.15, 0.2) is 0 Å². The molecule has 1 aromatic carbocycles. The van der Waals surface area contributed by atoms with Gasteiger partial charge in [0.05, 0.1) is 5.41 Å². The number of aliphatic carboxylic acids is 1. The Balaban J connectivity index is 2.76. The van der Waals surface area contributed by atoms with Gasteiger partial charge in [-0.25, -0.2) is 0 Å². The number of nitrogens with one attached hydrogen (secondary N) is 1. The molecule has 0 aliphatic rings. The first kappa shape index (κ1) is 19.8. The molecule has 5 nitrogen and oxygen atoms in total. The Labute approximate surface area is 137 Å². The van der Waals surface area contributed by atoms with Crippen LogP contribution in [0, 0.1) is 0 Å². The molecule has 0 spiro atoms. The van der Waals surface area contributed by atoms with Crippen LogP contribution in [-0.4, -0.2) is 29.4 Å². The zero-order valence-corrected chi connectivity index (χ0v) is 13.6. The summed E-state index contributed by atoms with van der Waals surface area (Å²) in [6, 6.07) is 4.74. The van der Waals surface area contributed by atoms with Crippen LogP contribution in [0.15, 0.2) is 24.3 Å². The summed E-state index contributed by atoms with van der Waals surface area (Å²) in [4.78, 5) is 22.9. The van der Waals surface area contributed by atoms with E-state index in [1.807, 2.05) is 0 Å². The molecular formula is C16H20F3NO4. The number of carbonyl (C=O) groups is 2. The summed E-state index contributed by atoms with van der Waals surface area (Å²) >= 11 is 0. The fraction of sp³-hybridized carbons (Fsp3) is 0.500. The van der Waals surface area contributed by atoms with Crippen molar-refractivity contribution in [2.45, 2.75) is 51.4 Å². The number of hydrogen-bond donors (Lipinski definition) is 2. The van der Waals surface area contributed by atoms with Crippen LogP contribution in [0.1, 0.15) is 39.2 Å². The van der Waals surface area contributed by atoms with Gasteiger partial charge in [-0.3, -0.25) is 9.59 Å². The Morgan fingerprint density at radius 3 is 2.21 bits per heavy atom. The molecule has 0 saturated heterocycles. The minimum atomic E-state index is -4.77. The standard InChI is InChI=1S/C16H20F3NO4/c1-10(4-9-13(21)22)20-14(23)15(2,3)11-5-7-12(8-6-11)24-16(17,18)19/h5-8,10H,4,9H2,1-3H3,(H,20,23)(H,21,22). The number of rotatable bonds is 7. The predicted octanol–water partition coefficient (Wildman–Crippen LogP) is 3.23. The van der Waals surface area contributed by atoms with E-state index in [2.05, 4.69) is 10.1 Å². The van der Waals surface area contributed by atoms with Crippen molar-refractivity contribution < 1.29 is 32.6 Å². The highest BCUT2D eigenvalue weighted by Gasteiger charge is 2.33. The van der Waals surface area contributed by atoms with Crippen molar-refractivity contribution in [3.63, 3.8) is 0 Å². The largest absolute Gasteiger partial charge is 0.573 e. The lowest BCUT2D eigenvalue weighted by atomic mass is 9.83. The number of carbonyl (C=O) groups excluding carboxylic acids is 1. The summed E-state index contributed by atoms with van der Waals surface area (Å²) in [6.45, 7) is 4.95. The van der Waals surface area contributed by atoms with Crippen LogP contribution < -0.4 is 10.1 Å². The quantitative estimate of drug-likeness (QED) is 0.794. The van der Waals surface area contributed by atoms with Crippen molar-refractivity contribution in [2.75, 3.05) is 0 Å². The second-order valence-corrected chi connectivity index (χ2v) is 6.00. The average Bonchev–Trinajstić information content (AvgIpc) is 2.44. The Morgan fingerprint density at radius 2 is 1.75 bits per heavy atom. The van der Waals surface area contributed by atoms with E-state index in [0.717, 1.165) is 12.1 Å². The molecule has 0 aromatic heterocycles. The minimum Gasteiger partial charge on any atom is -0.481 e. The van der Waals surface area contributed by atoms with Gasteiger partial charge in [0.2, 0.25) is 5.91 Å². The van der Waals surface area contributed by atoms with Crippen LogP contribution in [0.3, 0.4) is 0 Å². The van der Waals surface area contributed by atoms with Gasteiger partial charge < -0.3 is 15.2 Å². The Morgan fingerprint density at radius 1 is 1.21 bits per heavy atom. The number of hydrogen-bond acceptors (Lipinski definition) is 3. The van der Waals surface area contributed by atoms with Crippen molar-refractivity contribution >= 4 is 11.9 Å². The summed E-state index contributed by atoms with van der Waals surface area (Å²) in [5.41, 5.74) is -0.478. The fourth-order valence-electron chi connectivity index (χ4n) is 2.02. The number of amides is 1. The van der Waals surface area contributed by atoms with E-state index in [1.165, 1.54) is 12.1 Å². The van der Waals surface area contributed by atoms with Crippen molar-refractivity contribution in [3.8, 4) is 5.75 Å². The number of carboxylic acids is 1. The molecule has 1 amide bonds. The van der Waals surface area contributed by atoms with E-state index in [-0.39, 0.29) is 30.5 Å². The molecule has 0 fully saturated rings. The van der Waals surface area contributed by atoms with Gasteiger partial charge in [0.1, 0.15) is 5.75 Å². The van der Waals surface area contributed by atoms with Crippen LogP contribution in [0.2, 0.25) is 0 Å². The van der Waals surface area contributed by atoms with Gasteiger partial charge in [-0.1, -0.05) is 12.1 Å². The topological polar surface area (TPSA) is 75.6 Å². The molecule has 24 heavy (non-hydrogen) atoms. The first-order chi connectivity index (χ1) is 10.9. The van der Waals surface area contributed by atoms with Crippen molar-refractivity contribution in [1.29, 1.82) is 0 Å². The third-order valence-corrected chi connectivity index (χ3v) is 3.55. The number of benzene rings is 1. The molecular weight excluding hydrogens is 327 g/mol. The maximum Gasteiger partial charge on any atom is 0.573 e. The monoisotopic (exact) mass is 347 g/mol. The maximum atomic E-state index is 12.4. The highest BCUT2D eigenvalue weighted by molar-refractivity contribution is 5.87. The summed E-state index contributed by atoms with van der Waals surface area (Å²) in [5, 5.41) is 11.3. The van der Waals surface area contributed by atoms with E-state index in [4.69, 9.17) is 5.11 Å². The van der Waals surface area contributed by atoms with Crippen LogP contribution >= 0.6 is 0 Å². The van der Waals surface area contributed by atoms with Gasteiger partial charge in [-0.15, -0.1) is 13.2 Å². The third-order valence-electron chi connectivity index (χ3n) is 3.55. The van der Waals surface area contributed by atoms with Gasteiger partial charge in [-0.05, 0) is 44.9 Å². The summed E-state index contributed by atoms with van der Waals surface area (Å²) in [7, 11) is 0. The van der Waals surface area contributed by atoms with E-state index in [1.54, 1.807) is 20.8 Å². The molecule has 0 aliphatic carbocycles. The van der Waals surface area contributed by atoms with Crippen LogP contribution in [-0.2, 0) is 15.0 Å². The highest BCUT2D eigenvalue weighted by Crippen LogP contribution is 2.28. The first-order valence-corrected chi connectivity index (χ1v) is 7.31. The average molecular weight is 347 g/mol. The first-order valence-electron chi connectivity index (χ1n) is 7.31. The molecule has 0 bridgehead atoms. The SMILES string of the molecule is CC(CCC(=O)O)NC(=O)C(C)(C)c1ccc(OC(F)(F)F)cc1. The molecule has 1 unspecified atom stereocenters. The number of ether oxygens (including phenoxy) is 1. The highest BCUT2D eigenvalue weighted by atomic mass is 19.4. The maximum absolute atomic E-state index is 12.4. The predicted molar refractivity (Wildman–Crippen MR) is 80.6 cm³/mol. The fourth-order valence-corrected chi connectivity index (χ4v) is 2.02. The molecule has 0 heterocycles. The second-order valence-electron chi connectivity index (χ2n) is 6.00. The van der Waals surface area contributed by atoms with E-state index >= 15 is 0 Å². The van der Waals surface area contributed by atoms with Crippen molar-refractivity contribution in [2.24, 2.45) is 0 Å². The van der Waals surface area contributed by atoms with Crippen molar-refractivity contribution in [1.82, 2.24) is 5.32 Å². The number of halogens is 3. The zero-order valence-electron chi connectivity index (χ0n) is 13.6. The Kier molecular flexibility index (Phi) is 6.22. The lowest BCUT2D eigenvalue weighted by Gasteiger charge is -2.26. The van der Waals surface area contributed by atoms with Gasteiger partial charge >= 0.3 is 12.3 Å². The number of carboxylic acid groups (broad SMARTS) is 1. The van der Waals surface area contributed by atoms with Crippen LogP contribution in [0.25, 0.3) is 0 Å². The molecule has 134 valence electrons. The summed E-state index contributed by atoms with van der Waals surface area (Å²) in [5.74, 6) is -1.65. The molecule has 0 saturated carbocycles. The molecule has 8 heteroatoms. The smallest absolute Gasteiger partial charge is 0.481 e. The second kappa shape index (κ2) is 7.55. The van der Waals surface area contributed by atoms with Gasteiger partial charge in [0.25, 0.3) is 0 Å². The van der Waals surface area contributed by atoms with Crippen molar-refractivity contribution in [3.05, 3.63) is 29.8 Å². The summed E-state index contributed by atoms with van der Waals surface area (Å²) < 4.78 is 40.2. The van der Waals surface area contributed by atoms with E-state index < -0.39 is 17.7 Å². The van der Waals surface area contributed by atoms with E-state index in [9.17, 15) is 22.8 Å². The van der Waals surface area contributed by atoms with Gasteiger partial charge in [-0.2, -0.15) is 0 Å². The lowest BCUT2D eigenvalue weighted by molar-refractivity contribution is -0.274. The summed E-state index contributed by atoms with van der Waals surface area (Å²) in [6.07, 6.45) is -4.55. The van der Waals surface area contributed by atoms with Crippen LogP contribution in [0.4, 0.5) is 13.2 Å². The lowest BCUT2D eigenvalue weighted by Crippen LogP contribution is -2.44. The Bertz CT molecular complexity index is 582. The van der Waals surface area contributed by atoms with Crippen LogP contribution in [0.5, 0.6) is 5.75 Å². The normalized spacial score (nSPS) is 13.2. The molecule has 1 rings (SSSR count). The molecule has 1 aromatic rings. The zero-order chi connectivity index (χ0) is 18.5. The minimum absolute atomic E-state index is 0.0641. The van der Waals surface area contributed by atoms with E-state index in [0.29, 0.717) is 5.56 Å². The molecule has 1 atom stereocenters. The Hall–Kier alpha value is -2.25.